The number of hydrogen-bond acceptors (Lipinski definition) is 2. The van der Waals surface area contributed by atoms with E-state index in [0.717, 1.165) is 12.0 Å². The molecule has 76 valence electrons. The summed E-state index contributed by atoms with van der Waals surface area (Å²) < 4.78 is 0. The van der Waals surface area contributed by atoms with E-state index >= 15 is 0 Å². The van der Waals surface area contributed by atoms with Crippen molar-refractivity contribution in [2.24, 2.45) is 5.73 Å². The van der Waals surface area contributed by atoms with Crippen molar-refractivity contribution in [1.29, 1.82) is 0 Å². The van der Waals surface area contributed by atoms with Crippen LogP contribution >= 0.6 is 0 Å². The average Bonchev–Trinajstić information content (AvgIpc) is 2.27. The molecule has 0 aliphatic heterocycles. The summed E-state index contributed by atoms with van der Waals surface area (Å²) in [7, 11) is 0. The van der Waals surface area contributed by atoms with Gasteiger partial charge in [-0.3, -0.25) is 0 Å². The minimum atomic E-state index is -0.206. The molecule has 0 saturated heterocycles. The number of aliphatic hydroxyl groups excluding tert-OH is 1. The van der Waals surface area contributed by atoms with Crippen molar-refractivity contribution in [2.75, 3.05) is 6.61 Å². The van der Waals surface area contributed by atoms with Crippen LogP contribution in [-0.2, 0) is 12.8 Å². The number of nitrogens with two attached hydrogens (primary N) is 1. The third-order valence-corrected chi connectivity index (χ3v) is 3.03. The van der Waals surface area contributed by atoms with Crippen LogP contribution in [0.2, 0.25) is 0 Å². The number of rotatable bonds is 2. The predicted molar refractivity (Wildman–Crippen MR) is 57.1 cm³/mol. The summed E-state index contributed by atoms with van der Waals surface area (Å²) in [5.41, 5.74) is 9.83. The largest absolute Gasteiger partial charge is 0.394 e. The Morgan fingerprint density at radius 3 is 2.86 bits per heavy atom. The molecule has 2 nitrogen and oxygen atoms in total. The molecule has 0 saturated carbocycles. The summed E-state index contributed by atoms with van der Waals surface area (Å²) in [5, 5.41) is 9.06. The predicted octanol–water partition coefficient (Wildman–Crippen LogP) is 1.56. The topological polar surface area (TPSA) is 46.2 Å². The number of benzene rings is 1. The molecule has 3 N–H and O–H groups in total. The fourth-order valence-electron chi connectivity index (χ4n) is 2.26. The van der Waals surface area contributed by atoms with E-state index in [1.165, 1.54) is 30.4 Å². The first-order valence-corrected chi connectivity index (χ1v) is 5.30. The van der Waals surface area contributed by atoms with Crippen LogP contribution in [0.25, 0.3) is 0 Å². The maximum Gasteiger partial charge on any atom is 0.0624 e. The van der Waals surface area contributed by atoms with Gasteiger partial charge in [0.25, 0.3) is 0 Å². The molecule has 14 heavy (non-hydrogen) atoms. The Kier molecular flexibility index (Phi) is 2.85. The zero-order chi connectivity index (χ0) is 9.97. The molecule has 0 amide bonds. The fourth-order valence-corrected chi connectivity index (χ4v) is 2.26. The highest BCUT2D eigenvalue weighted by atomic mass is 16.3. The lowest BCUT2D eigenvalue weighted by Gasteiger charge is -2.21. The highest BCUT2D eigenvalue weighted by molar-refractivity contribution is 5.38. The molecule has 1 aliphatic carbocycles. The molecule has 1 atom stereocenters. The van der Waals surface area contributed by atoms with Gasteiger partial charge in [-0.05, 0) is 42.4 Å². The first kappa shape index (κ1) is 9.69. The van der Waals surface area contributed by atoms with E-state index < -0.39 is 0 Å². The maximum atomic E-state index is 9.06. The van der Waals surface area contributed by atoms with Crippen LogP contribution in [0.4, 0.5) is 0 Å². The van der Waals surface area contributed by atoms with Gasteiger partial charge < -0.3 is 10.8 Å². The molecule has 1 aromatic rings. The van der Waals surface area contributed by atoms with Crippen molar-refractivity contribution in [3.63, 3.8) is 0 Å². The molecule has 0 unspecified atom stereocenters. The smallest absolute Gasteiger partial charge is 0.0624 e. The van der Waals surface area contributed by atoms with Gasteiger partial charge in [0.05, 0.1) is 12.6 Å². The number of fused-ring (bicyclic) bond motifs is 1. The van der Waals surface area contributed by atoms with E-state index in [4.69, 9.17) is 10.8 Å². The number of hydrogen-bond donors (Lipinski definition) is 2. The SMILES string of the molecule is N[C@@H](CO)c1cccc2c1CCCC2. The van der Waals surface area contributed by atoms with Crippen LogP contribution in [0.3, 0.4) is 0 Å². The third-order valence-electron chi connectivity index (χ3n) is 3.03. The molecule has 1 aliphatic rings. The third kappa shape index (κ3) is 1.68. The summed E-state index contributed by atoms with van der Waals surface area (Å²) >= 11 is 0. The van der Waals surface area contributed by atoms with Gasteiger partial charge in [-0.15, -0.1) is 0 Å². The van der Waals surface area contributed by atoms with Crippen LogP contribution in [0.1, 0.15) is 35.6 Å². The molecule has 1 aromatic carbocycles. The van der Waals surface area contributed by atoms with Crippen molar-refractivity contribution in [1.82, 2.24) is 0 Å². The van der Waals surface area contributed by atoms with Gasteiger partial charge >= 0.3 is 0 Å². The van der Waals surface area contributed by atoms with E-state index in [-0.39, 0.29) is 12.6 Å². The molecule has 2 heteroatoms. The molecule has 0 heterocycles. The molecular weight excluding hydrogens is 174 g/mol. The number of aryl methyl sites for hydroxylation is 1. The van der Waals surface area contributed by atoms with E-state index in [0.29, 0.717) is 0 Å². The summed E-state index contributed by atoms with van der Waals surface area (Å²) in [6.07, 6.45) is 4.83. The fraction of sp³-hybridized carbons (Fsp3) is 0.500. The van der Waals surface area contributed by atoms with E-state index in [1.807, 2.05) is 6.07 Å². The summed E-state index contributed by atoms with van der Waals surface area (Å²) in [5.74, 6) is 0. The normalized spacial score (nSPS) is 17.6. The average molecular weight is 191 g/mol. The molecule has 0 aromatic heterocycles. The van der Waals surface area contributed by atoms with E-state index in [2.05, 4.69) is 12.1 Å². The zero-order valence-electron chi connectivity index (χ0n) is 8.37. The molecule has 2 rings (SSSR count). The Bertz CT molecular complexity index is 322. The minimum Gasteiger partial charge on any atom is -0.394 e. The van der Waals surface area contributed by atoms with Gasteiger partial charge in [0.2, 0.25) is 0 Å². The first-order valence-electron chi connectivity index (χ1n) is 5.30. The van der Waals surface area contributed by atoms with Crippen molar-refractivity contribution >= 4 is 0 Å². The van der Waals surface area contributed by atoms with Gasteiger partial charge in [0.1, 0.15) is 0 Å². The lowest BCUT2D eigenvalue weighted by atomic mass is 9.86. The molecular formula is C12H17NO. The molecule has 0 fully saturated rings. The van der Waals surface area contributed by atoms with Crippen LogP contribution in [-0.4, -0.2) is 11.7 Å². The van der Waals surface area contributed by atoms with Crippen molar-refractivity contribution < 1.29 is 5.11 Å². The Hall–Kier alpha value is -0.860. The molecule has 0 bridgehead atoms. The second-order valence-corrected chi connectivity index (χ2v) is 3.98. The molecule has 0 radical (unpaired) electrons. The van der Waals surface area contributed by atoms with Crippen LogP contribution in [0, 0.1) is 0 Å². The van der Waals surface area contributed by atoms with Gasteiger partial charge in [-0.1, -0.05) is 18.2 Å². The lowest BCUT2D eigenvalue weighted by Crippen LogP contribution is -2.18. The van der Waals surface area contributed by atoms with Gasteiger partial charge in [-0.2, -0.15) is 0 Å². The Morgan fingerprint density at radius 2 is 2.07 bits per heavy atom. The van der Waals surface area contributed by atoms with Crippen molar-refractivity contribution in [2.45, 2.75) is 31.7 Å². The monoisotopic (exact) mass is 191 g/mol. The quantitative estimate of drug-likeness (QED) is 0.745. The molecule has 0 spiro atoms. The van der Waals surface area contributed by atoms with E-state index in [9.17, 15) is 0 Å². The Balaban J connectivity index is 2.39. The number of aliphatic hydroxyl groups is 1. The van der Waals surface area contributed by atoms with Gasteiger partial charge in [0.15, 0.2) is 0 Å². The van der Waals surface area contributed by atoms with Crippen LogP contribution < -0.4 is 5.73 Å². The van der Waals surface area contributed by atoms with E-state index in [1.54, 1.807) is 0 Å². The summed E-state index contributed by atoms with van der Waals surface area (Å²) in [6.45, 7) is 0.0381. The minimum absolute atomic E-state index is 0.0381. The van der Waals surface area contributed by atoms with Gasteiger partial charge in [0, 0.05) is 0 Å². The lowest BCUT2D eigenvalue weighted by molar-refractivity contribution is 0.267. The Morgan fingerprint density at radius 1 is 1.29 bits per heavy atom. The first-order chi connectivity index (χ1) is 6.83. The van der Waals surface area contributed by atoms with Crippen LogP contribution in [0.15, 0.2) is 18.2 Å². The summed E-state index contributed by atoms with van der Waals surface area (Å²) in [4.78, 5) is 0. The highest BCUT2D eigenvalue weighted by Crippen LogP contribution is 2.27. The second kappa shape index (κ2) is 4.11. The Labute approximate surface area is 84.7 Å². The standard InChI is InChI=1S/C12H17NO/c13-12(8-14)11-7-3-5-9-4-1-2-6-10(9)11/h3,5,7,12,14H,1-2,4,6,8,13H2/t12-/m0/s1. The van der Waals surface area contributed by atoms with Crippen molar-refractivity contribution in [3.05, 3.63) is 34.9 Å². The van der Waals surface area contributed by atoms with Gasteiger partial charge in [-0.25, -0.2) is 0 Å². The maximum absolute atomic E-state index is 9.06. The van der Waals surface area contributed by atoms with Crippen molar-refractivity contribution in [3.8, 4) is 0 Å². The highest BCUT2D eigenvalue weighted by Gasteiger charge is 2.15. The van der Waals surface area contributed by atoms with Crippen LogP contribution in [0.5, 0.6) is 0 Å². The summed E-state index contributed by atoms with van der Waals surface area (Å²) in [6, 6.07) is 6.07. The zero-order valence-corrected chi connectivity index (χ0v) is 8.37. The second-order valence-electron chi connectivity index (χ2n) is 3.98.